The molecule has 2 amide bonds. The van der Waals surface area contributed by atoms with E-state index in [1.165, 1.54) is 6.42 Å². The van der Waals surface area contributed by atoms with Gasteiger partial charge in [-0.3, -0.25) is 9.59 Å². The summed E-state index contributed by atoms with van der Waals surface area (Å²) in [7, 11) is 0. The highest BCUT2D eigenvalue weighted by atomic mass is 35.5. The minimum absolute atomic E-state index is 0.000397. The van der Waals surface area contributed by atoms with E-state index in [9.17, 15) is 9.59 Å². The number of halogens is 1. The molecule has 1 aliphatic rings. The first-order valence-corrected chi connectivity index (χ1v) is 7.90. The molecule has 1 aromatic rings. The lowest BCUT2D eigenvalue weighted by atomic mass is 10.1. The van der Waals surface area contributed by atoms with Crippen molar-refractivity contribution in [1.29, 1.82) is 0 Å². The van der Waals surface area contributed by atoms with E-state index in [1.807, 2.05) is 17.0 Å². The fraction of sp³-hybridized carbons (Fsp3) is 0.500. The number of alkyl halides is 1. The van der Waals surface area contributed by atoms with E-state index in [2.05, 4.69) is 5.32 Å². The van der Waals surface area contributed by atoms with Crippen LogP contribution in [0.1, 0.15) is 42.1 Å². The normalized spacial score (nSPS) is 16.4. The molecule has 114 valence electrons. The Morgan fingerprint density at radius 2 is 1.81 bits per heavy atom. The van der Waals surface area contributed by atoms with Crippen LogP contribution < -0.4 is 5.32 Å². The number of hydrogen-bond acceptors (Lipinski definition) is 2. The molecular formula is C16H21ClN2O2. The molecule has 1 unspecified atom stereocenters. The van der Waals surface area contributed by atoms with Crippen molar-refractivity contribution in [3.63, 3.8) is 0 Å². The highest BCUT2D eigenvalue weighted by molar-refractivity contribution is 6.17. The maximum atomic E-state index is 12.3. The fourth-order valence-corrected chi connectivity index (χ4v) is 2.65. The first-order chi connectivity index (χ1) is 10.1. The van der Waals surface area contributed by atoms with Gasteiger partial charge >= 0.3 is 0 Å². The maximum absolute atomic E-state index is 12.3. The molecule has 0 spiro atoms. The summed E-state index contributed by atoms with van der Waals surface area (Å²) >= 11 is 5.72. The quantitative estimate of drug-likeness (QED) is 0.869. The number of likely N-dealkylation sites (tertiary alicyclic amines) is 1. The molecule has 2 rings (SSSR count). The molecule has 1 saturated heterocycles. The molecule has 0 aromatic heterocycles. The molecule has 0 radical (unpaired) electrons. The molecule has 0 saturated carbocycles. The van der Waals surface area contributed by atoms with Crippen molar-refractivity contribution in [2.45, 2.75) is 38.1 Å². The summed E-state index contributed by atoms with van der Waals surface area (Å²) in [5.41, 5.74) is 1.51. The molecule has 1 heterocycles. The van der Waals surface area contributed by atoms with E-state index in [0.717, 1.165) is 31.5 Å². The highest BCUT2D eigenvalue weighted by Crippen LogP contribution is 2.11. The summed E-state index contributed by atoms with van der Waals surface area (Å²) in [4.78, 5) is 26.2. The van der Waals surface area contributed by atoms with Crippen molar-refractivity contribution in [3.05, 3.63) is 35.4 Å². The third kappa shape index (κ3) is 4.21. The first kappa shape index (κ1) is 15.8. The highest BCUT2D eigenvalue weighted by Gasteiger charge is 2.23. The van der Waals surface area contributed by atoms with Gasteiger partial charge in [-0.2, -0.15) is 0 Å². The van der Waals surface area contributed by atoms with E-state index in [1.54, 1.807) is 19.1 Å². The summed E-state index contributed by atoms with van der Waals surface area (Å²) in [6.45, 7) is 3.33. The van der Waals surface area contributed by atoms with Gasteiger partial charge in [0.25, 0.3) is 5.91 Å². The van der Waals surface area contributed by atoms with Crippen LogP contribution in [-0.2, 0) is 10.7 Å². The summed E-state index contributed by atoms with van der Waals surface area (Å²) < 4.78 is 0. The number of nitrogens with zero attached hydrogens (tertiary/aromatic N) is 1. The van der Waals surface area contributed by atoms with Crippen LogP contribution in [0.25, 0.3) is 0 Å². The van der Waals surface area contributed by atoms with Crippen molar-refractivity contribution in [2.75, 3.05) is 13.1 Å². The van der Waals surface area contributed by atoms with Gasteiger partial charge in [0.15, 0.2) is 0 Å². The zero-order valence-corrected chi connectivity index (χ0v) is 13.0. The van der Waals surface area contributed by atoms with Crippen LogP contribution in [0.2, 0.25) is 0 Å². The second-order valence-corrected chi connectivity index (χ2v) is 5.68. The Balaban J connectivity index is 1.92. The molecular weight excluding hydrogens is 288 g/mol. The predicted octanol–water partition coefficient (Wildman–Crippen LogP) is 2.56. The number of nitrogens with one attached hydrogen (secondary N) is 1. The van der Waals surface area contributed by atoms with Gasteiger partial charge in [-0.25, -0.2) is 0 Å². The Bertz CT molecular complexity index is 496. The predicted molar refractivity (Wildman–Crippen MR) is 83.4 cm³/mol. The molecule has 1 fully saturated rings. The van der Waals surface area contributed by atoms with Gasteiger partial charge in [0, 0.05) is 24.5 Å². The number of benzene rings is 1. The minimum Gasteiger partial charge on any atom is -0.341 e. The molecule has 1 atom stereocenters. The zero-order chi connectivity index (χ0) is 15.2. The lowest BCUT2D eigenvalue weighted by molar-refractivity contribution is -0.133. The summed E-state index contributed by atoms with van der Waals surface area (Å²) in [6.07, 6.45) is 3.27. The van der Waals surface area contributed by atoms with Crippen molar-refractivity contribution >= 4 is 23.4 Å². The number of piperidine rings is 1. The Morgan fingerprint density at radius 3 is 2.38 bits per heavy atom. The lowest BCUT2D eigenvalue weighted by Gasteiger charge is -2.29. The van der Waals surface area contributed by atoms with E-state index >= 15 is 0 Å². The van der Waals surface area contributed by atoms with Gasteiger partial charge < -0.3 is 10.2 Å². The Hall–Kier alpha value is -1.55. The van der Waals surface area contributed by atoms with Crippen molar-refractivity contribution in [2.24, 2.45) is 0 Å². The first-order valence-electron chi connectivity index (χ1n) is 7.36. The van der Waals surface area contributed by atoms with Crippen LogP contribution >= 0.6 is 11.6 Å². The second kappa shape index (κ2) is 7.46. The van der Waals surface area contributed by atoms with Crippen LogP contribution in [0.3, 0.4) is 0 Å². The molecule has 0 aliphatic carbocycles. The van der Waals surface area contributed by atoms with Crippen LogP contribution in [0.15, 0.2) is 24.3 Å². The van der Waals surface area contributed by atoms with Crippen LogP contribution in [0.5, 0.6) is 0 Å². The average Bonchev–Trinajstić information content (AvgIpc) is 2.55. The topological polar surface area (TPSA) is 49.4 Å². The fourth-order valence-electron chi connectivity index (χ4n) is 2.48. The molecule has 1 aliphatic heterocycles. The Morgan fingerprint density at radius 1 is 1.19 bits per heavy atom. The second-order valence-electron chi connectivity index (χ2n) is 5.41. The van der Waals surface area contributed by atoms with Gasteiger partial charge in [-0.15, -0.1) is 11.6 Å². The van der Waals surface area contributed by atoms with Gasteiger partial charge in [-0.05, 0) is 43.9 Å². The van der Waals surface area contributed by atoms with E-state index < -0.39 is 6.04 Å². The lowest BCUT2D eigenvalue weighted by Crippen LogP contribution is -2.48. The van der Waals surface area contributed by atoms with Gasteiger partial charge in [0.05, 0.1) is 0 Å². The van der Waals surface area contributed by atoms with Gasteiger partial charge in [0.1, 0.15) is 6.04 Å². The minimum atomic E-state index is -0.497. The zero-order valence-electron chi connectivity index (χ0n) is 12.3. The number of amides is 2. The molecule has 1 N–H and O–H groups in total. The van der Waals surface area contributed by atoms with E-state index in [-0.39, 0.29) is 11.8 Å². The molecule has 1 aromatic carbocycles. The van der Waals surface area contributed by atoms with Crippen LogP contribution in [-0.4, -0.2) is 35.8 Å². The standard InChI is InChI=1S/C16H21ClN2O2/c1-12(16(21)19-9-3-2-4-10-19)18-15(20)14-7-5-13(11-17)6-8-14/h5-8,12H,2-4,9-11H2,1H3,(H,18,20). The number of carbonyl (C=O) groups is 2. The molecule has 21 heavy (non-hydrogen) atoms. The smallest absolute Gasteiger partial charge is 0.251 e. The number of hydrogen-bond donors (Lipinski definition) is 1. The summed E-state index contributed by atoms with van der Waals surface area (Å²) in [5.74, 6) is 0.195. The summed E-state index contributed by atoms with van der Waals surface area (Å²) in [5, 5.41) is 2.77. The van der Waals surface area contributed by atoms with Gasteiger partial charge in [-0.1, -0.05) is 12.1 Å². The summed E-state index contributed by atoms with van der Waals surface area (Å²) in [6, 6.07) is 6.59. The Labute approximate surface area is 130 Å². The maximum Gasteiger partial charge on any atom is 0.251 e. The third-order valence-corrected chi connectivity index (χ3v) is 4.06. The molecule has 5 heteroatoms. The van der Waals surface area contributed by atoms with Crippen molar-refractivity contribution in [3.8, 4) is 0 Å². The largest absolute Gasteiger partial charge is 0.341 e. The van der Waals surface area contributed by atoms with Crippen LogP contribution in [0.4, 0.5) is 0 Å². The van der Waals surface area contributed by atoms with Crippen molar-refractivity contribution in [1.82, 2.24) is 10.2 Å². The van der Waals surface area contributed by atoms with E-state index in [0.29, 0.717) is 11.4 Å². The van der Waals surface area contributed by atoms with Crippen LogP contribution in [0, 0.1) is 0 Å². The molecule has 4 nitrogen and oxygen atoms in total. The monoisotopic (exact) mass is 308 g/mol. The average molecular weight is 309 g/mol. The number of rotatable bonds is 4. The SMILES string of the molecule is CC(NC(=O)c1ccc(CCl)cc1)C(=O)N1CCCCC1. The molecule has 0 bridgehead atoms. The number of carbonyl (C=O) groups excluding carboxylic acids is 2. The van der Waals surface area contributed by atoms with Crippen molar-refractivity contribution < 1.29 is 9.59 Å². The third-order valence-electron chi connectivity index (χ3n) is 3.76. The van der Waals surface area contributed by atoms with E-state index in [4.69, 9.17) is 11.6 Å². The Kier molecular flexibility index (Phi) is 5.62. The van der Waals surface area contributed by atoms with Gasteiger partial charge in [0.2, 0.25) is 5.91 Å².